The molecule has 0 fully saturated rings. The molecule has 1 atom stereocenters. The molecule has 116 valence electrons. The number of hydrogen-bond acceptors (Lipinski definition) is 4. The molecule has 0 aromatic heterocycles. The number of esters is 1. The number of unbranched alkanes of at least 4 members (excludes halogenated alkanes) is 3. The molecule has 0 aliphatic heterocycles. The van der Waals surface area contributed by atoms with E-state index >= 15 is 0 Å². The van der Waals surface area contributed by atoms with Crippen LogP contribution in [0, 0.1) is 0 Å². The van der Waals surface area contributed by atoms with E-state index in [2.05, 4.69) is 4.74 Å². The highest BCUT2D eigenvalue weighted by Crippen LogP contribution is 2.12. The van der Waals surface area contributed by atoms with E-state index in [-0.39, 0.29) is 32.7 Å². The van der Waals surface area contributed by atoms with E-state index in [1.807, 2.05) is 0 Å². The summed E-state index contributed by atoms with van der Waals surface area (Å²) in [4.78, 5) is 21.8. The van der Waals surface area contributed by atoms with Gasteiger partial charge in [0.15, 0.2) is 0 Å². The zero-order valence-corrected chi connectivity index (χ0v) is 11.2. The largest absolute Gasteiger partial charge is 0.469 e. The Bertz CT molecular complexity index is 226. The quantitative estimate of drug-likeness (QED) is 0.450. The third-order valence-electron chi connectivity index (χ3n) is 2.73. The van der Waals surface area contributed by atoms with Crippen molar-refractivity contribution in [3.8, 4) is 0 Å². The average molecular weight is 276 g/mol. The van der Waals surface area contributed by atoms with Crippen LogP contribution in [0.5, 0.6) is 0 Å². The van der Waals surface area contributed by atoms with Gasteiger partial charge in [-0.2, -0.15) is 0 Å². The molecule has 0 saturated heterocycles. The van der Waals surface area contributed by atoms with Gasteiger partial charge in [-0.05, 0) is 19.8 Å². The molecule has 0 aliphatic rings. The van der Waals surface area contributed by atoms with Crippen LogP contribution >= 0.6 is 0 Å². The van der Waals surface area contributed by atoms with Crippen LogP contribution in [0.2, 0.25) is 0 Å². The third-order valence-corrected chi connectivity index (χ3v) is 2.73. The predicted octanol–water partition coefficient (Wildman–Crippen LogP) is 3.77. The summed E-state index contributed by atoms with van der Waals surface area (Å²) in [6.07, 6.45) is 5.95. The van der Waals surface area contributed by atoms with Gasteiger partial charge in [0.05, 0.1) is 13.2 Å². The van der Waals surface area contributed by atoms with Crippen molar-refractivity contribution in [2.24, 2.45) is 0 Å². The minimum Gasteiger partial charge on any atom is -0.469 e. The van der Waals surface area contributed by atoms with Crippen molar-refractivity contribution >= 4 is 11.8 Å². The van der Waals surface area contributed by atoms with Crippen LogP contribution in [0.25, 0.3) is 0 Å². The number of ether oxygens (including phenoxy) is 2. The van der Waals surface area contributed by atoms with Crippen LogP contribution in [0.4, 0.5) is 0 Å². The number of ketones is 1. The highest BCUT2D eigenvalue weighted by atomic mass is 16.5. The van der Waals surface area contributed by atoms with Crippen LogP contribution in [-0.2, 0) is 19.1 Å². The SMILES string of the molecule is C.C.COC(=O)CCCCCCC(CC(C)=O)OC. The fraction of sp³-hybridized carbons (Fsp3) is 0.867. The standard InChI is InChI=1S/C13H24O4.2CH4/c1-11(14)10-12(16-2)8-6-4-5-7-9-13(15)17-3;;/h12H,4-10H2,1-3H3;2*1H4. The molecule has 0 radical (unpaired) electrons. The van der Waals surface area contributed by atoms with Gasteiger partial charge in [0.1, 0.15) is 5.78 Å². The molecule has 0 aromatic rings. The molecule has 4 nitrogen and oxygen atoms in total. The first-order valence-electron chi connectivity index (χ1n) is 6.19. The Balaban J connectivity index is -0.00000128. The molecule has 0 saturated carbocycles. The van der Waals surface area contributed by atoms with Crippen molar-refractivity contribution < 1.29 is 19.1 Å². The summed E-state index contributed by atoms with van der Waals surface area (Å²) in [7, 11) is 3.05. The van der Waals surface area contributed by atoms with Gasteiger partial charge in [-0.15, -0.1) is 0 Å². The Morgan fingerprint density at radius 3 is 2.05 bits per heavy atom. The number of carbonyl (C=O) groups excluding carboxylic acids is 2. The lowest BCUT2D eigenvalue weighted by molar-refractivity contribution is -0.140. The lowest BCUT2D eigenvalue weighted by Gasteiger charge is -2.13. The van der Waals surface area contributed by atoms with Gasteiger partial charge in [0.2, 0.25) is 0 Å². The summed E-state index contributed by atoms with van der Waals surface area (Å²) >= 11 is 0. The molecule has 0 aliphatic carbocycles. The van der Waals surface area contributed by atoms with Crippen molar-refractivity contribution in [3.63, 3.8) is 0 Å². The van der Waals surface area contributed by atoms with Crippen LogP contribution in [0.1, 0.15) is 66.7 Å². The molecular formula is C15H32O4. The highest BCUT2D eigenvalue weighted by Gasteiger charge is 2.09. The first-order chi connectivity index (χ1) is 8.10. The zero-order valence-electron chi connectivity index (χ0n) is 11.2. The molecule has 0 N–H and O–H groups in total. The Morgan fingerprint density at radius 2 is 1.58 bits per heavy atom. The fourth-order valence-corrected chi connectivity index (χ4v) is 1.72. The second-order valence-electron chi connectivity index (χ2n) is 4.29. The van der Waals surface area contributed by atoms with Gasteiger partial charge in [-0.25, -0.2) is 0 Å². The predicted molar refractivity (Wildman–Crippen MR) is 79.3 cm³/mol. The van der Waals surface area contributed by atoms with Crippen molar-refractivity contribution in [1.29, 1.82) is 0 Å². The van der Waals surface area contributed by atoms with Crippen molar-refractivity contribution in [1.82, 2.24) is 0 Å². The summed E-state index contributed by atoms with van der Waals surface area (Å²) in [5.41, 5.74) is 0. The van der Waals surface area contributed by atoms with Gasteiger partial charge >= 0.3 is 5.97 Å². The van der Waals surface area contributed by atoms with Crippen LogP contribution in [-0.4, -0.2) is 32.1 Å². The minimum absolute atomic E-state index is 0. The van der Waals surface area contributed by atoms with Crippen molar-refractivity contribution in [2.45, 2.75) is 72.8 Å². The number of Topliss-reactive ketones (excluding diaryl/α,β-unsaturated/α-hetero) is 1. The maximum atomic E-state index is 10.9. The number of carbonyl (C=O) groups is 2. The maximum absolute atomic E-state index is 10.9. The summed E-state index contributed by atoms with van der Waals surface area (Å²) < 4.78 is 9.79. The lowest BCUT2D eigenvalue weighted by atomic mass is 10.0. The van der Waals surface area contributed by atoms with E-state index in [1.54, 1.807) is 14.0 Å². The molecule has 0 bridgehead atoms. The van der Waals surface area contributed by atoms with Crippen molar-refractivity contribution in [2.75, 3.05) is 14.2 Å². The zero-order chi connectivity index (χ0) is 13.1. The molecule has 0 heterocycles. The van der Waals surface area contributed by atoms with Gasteiger partial charge in [-0.3, -0.25) is 9.59 Å². The summed E-state index contributed by atoms with van der Waals surface area (Å²) in [5.74, 6) is 0.0267. The number of hydrogen-bond donors (Lipinski definition) is 0. The molecular weight excluding hydrogens is 244 g/mol. The maximum Gasteiger partial charge on any atom is 0.305 e. The van der Waals surface area contributed by atoms with E-state index in [4.69, 9.17) is 4.74 Å². The lowest BCUT2D eigenvalue weighted by Crippen LogP contribution is -2.14. The second kappa shape index (κ2) is 15.2. The van der Waals surface area contributed by atoms with Gasteiger partial charge in [-0.1, -0.05) is 34.1 Å². The normalized spacial score (nSPS) is 10.9. The molecule has 1 unspecified atom stereocenters. The van der Waals surface area contributed by atoms with Crippen molar-refractivity contribution in [3.05, 3.63) is 0 Å². The summed E-state index contributed by atoms with van der Waals surface area (Å²) in [6, 6.07) is 0. The summed E-state index contributed by atoms with van der Waals surface area (Å²) in [6.45, 7) is 1.59. The summed E-state index contributed by atoms with van der Waals surface area (Å²) in [5, 5.41) is 0. The number of methoxy groups -OCH3 is 2. The molecule has 0 aromatic carbocycles. The molecule has 0 spiro atoms. The van der Waals surface area contributed by atoms with E-state index < -0.39 is 0 Å². The third kappa shape index (κ3) is 15.0. The van der Waals surface area contributed by atoms with Gasteiger partial charge in [0.25, 0.3) is 0 Å². The van der Waals surface area contributed by atoms with Crippen LogP contribution in [0.3, 0.4) is 0 Å². The highest BCUT2D eigenvalue weighted by molar-refractivity contribution is 5.75. The Morgan fingerprint density at radius 1 is 1.00 bits per heavy atom. The topological polar surface area (TPSA) is 52.6 Å². The fourth-order valence-electron chi connectivity index (χ4n) is 1.72. The molecule has 0 amide bonds. The smallest absolute Gasteiger partial charge is 0.305 e. The molecule has 4 heteroatoms. The van der Waals surface area contributed by atoms with Crippen LogP contribution in [0.15, 0.2) is 0 Å². The number of rotatable bonds is 10. The molecule has 0 rings (SSSR count). The van der Waals surface area contributed by atoms with E-state index in [0.29, 0.717) is 12.8 Å². The average Bonchev–Trinajstić information content (AvgIpc) is 2.30. The molecule has 19 heavy (non-hydrogen) atoms. The monoisotopic (exact) mass is 276 g/mol. The second-order valence-corrected chi connectivity index (χ2v) is 4.29. The first-order valence-corrected chi connectivity index (χ1v) is 6.19. The van der Waals surface area contributed by atoms with Crippen LogP contribution < -0.4 is 0 Å². The van der Waals surface area contributed by atoms with E-state index in [0.717, 1.165) is 32.1 Å². The van der Waals surface area contributed by atoms with Gasteiger partial charge in [0, 0.05) is 20.0 Å². The minimum atomic E-state index is -0.142. The Hall–Kier alpha value is -0.900. The van der Waals surface area contributed by atoms with E-state index in [1.165, 1.54) is 7.11 Å². The Kier molecular flexibility index (Phi) is 18.5. The Labute approximate surface area is 118 Å². The van der Waals surface area contributed by atoms with Gasteiger partial charge < -0.3 is 9.47 Å². The first kappa shape index (κ1) is 23.2. The van der Waals surface area contributed by atoms with E-state index in [9.17, 15) is 9.59 Å².